The Morgan fingerprint density at radius 3 is 2.74 bits per heavy atom. The van der Waals surface area contributed by atoms with Crippen molar-refractivity contribution in [1.29, 1.82) is 0 Å². The van der Waals surface area contributed by atoms with Crippen LogP contribution in [0, 0.1) is 5.92 Å². The van der Waals surface area contributed by atoms with E-state index in [2.05, 4.69) is 4.90 Å². The monoisotopic (exact) mass is 338 g/mol. The number of nitrogens with two attached hydrogens (primary N) is 1. The zero-order valence-corrected chi connectivity index (χ0v) is 14.6. The Morgan fingerprint density at radius 2 is 2.09 bits per heavy atom. The number of primary amides is 1. The molecule has 23 heavy (non-hydrogen) atoms. The van der Waals surface area contributed by atoms with E-state index in [9.17, 15) is 4.79 Å². The summed E-state index contributed by atoms with van der Waals surface area (Å²) in [6, 6.07) is 5.57. The summed E-state index contributed by atoms with van der Waals surface area (Å²) in [7, 11) is 1.65. The van der Waals surface area contributed by atoms with Crippen molar-refractivity contribution in [1.82, 2.24) is 4.90 Å². The van der Waals surface area contributed by atoms with Gasteiger partial charge < -0.3 is 10.5 Å². The Kier molecular flexibility index (Phi) is 7.18. The highest BCUT2D eigenvalue weighted by atomic mass is 35.5. The van der Waals surface area contributed by atoms with E-state index >= 15 is 0 Å². The lowest BCUT2D eigenvalue weighted by molar-refractivity contribution is -0.119. The number of carbonyl (C=O) groups excluding carboxylic acids is 1. The molecule has 0 bridgehead atoms. The molecule has 1 aliphatic rings. The minimum atomic E-state index is -0.297. The van der Waals surface area contributed by atoms with Crippen molar-refractivity contribution in [2.45, 2.75) is 45.1 Å². The largest absolute Gasteiger partial charge is 0.496 e. The van der Waals surface area contributed by atoms with Crippen LogP contribution in [-0.4, -0.2) is 31.0 Å². The standard InChI is InChI=1S/C18H27ClN2O2/c1-23-17-8-7-16(19)11-15(17)12-21(13-18(20)22)10-9-14-5-3-2-4-6-14/h7-8,11,14H,2-6,9-10,12-13H2,1H3,(H2,20,22). The van der Waals surface area contributed by atoms with Crippen LogP contribution >= 0.6 is 11.6 Å². The number of amides is 1. The second-order valence-electron chi connectivity index (χ2n) is 6.43. The maximum absolute atomic E-state index is 11.4. The molecule has 5 heteroatoms. The molecule has 0 saturated heterocycles. The number of halogens is 1. The molecule has 4 nitrogen and oxygen atoms in total. The molecule has 1 saturated carbocycles. The predicted molar refractivity (Wildman–Crippen MR) is 93.7 cm³/mol. The van der Waals surface area contributed by atoms with Gasteiger partial charge in [-0.3, -0.25) is 9.69 Å². The fraction of sp³-hybridized carbons (Fsp3) is 0.611. The summed E-state index contributed by atoms with van der Waals surface area (Å²) in [6.45, 7) is 1.77. The first-order valence-corrected chi connectivity index (χ1v) is 8.79. The van der Waals surface area contributed by atoms with E-state index in [1.165, 1.54) is 32.1 Å². The fourth-order valence-corrected chi connectivity index (χ4v) is 3.58. The molecule has 0 unspecified atom stereocenters. The van der Waals surface area contributed by atoms with Crippen LogP contribution in [0.3, 0.4) is 0 Å². The van der Waals surface area contributed by atoms with Crippen molar-refractivity contribution in [3.05, 3.63) is 28.8 Å². The molecule has 1 aromatic carbocycles. The van der Waals surface area contributed by atoms with Crippen LogP contribution in [0.4, 0.5) is 0 Å². The molecule has 1 aromatic rings. The average molecular weight is 339 g/mol. The van der Waals surface area contributed by atoms with Gasteiger partial charge in [-0.2, -0.15) is 0 Å². The maximum Gasteiger partial charge on any atom is 0.231 e. The molecule has 2 N–H and O–H groups in total. The van der Waals surface area contributed by atoms with Crippen LogP contribution in [0.1, 0.15) is 44.1 Å². The van der Waals surface area contributed by atoms with Crippen molar-refractivity contribution < 1.29 is 9.53 Å². The molecule has 0 heterocycles. The van der Waals surface area contributed by atoms with E-state index < -0.39 is 0 Å². The number of benzene rings is 1. The van der Waals surface area contributed by atoms with Gasteiger partial charge in [0.1, 0.15) is 5.75 Å². The molecule has 1 amide bonds. The summed E-state index contributed by atoms with van der Waals surface area (Å²) in [5, 5.41) is 0.673. The van der Waals surface area contributed by atoms with E-state index in [1.54, 1.807) is 7.11 Å². The molecule has 1 fully saturated rings. The molecular weight excluding hydrogens is 312 g/mol. The first-order valence-electron chi connectivity index (χ1n) is 8.41. The Balaban J connectivity index is 1.99. The van der Waals surface area contributed by atoms with Gasteiger partial charge in [0.25, 0.3) is 0 Å². The van der Waals surface area contributed by atoms with Crippen molar-refractivity contribution in [3.8, 4) is 5.75 Å². The van der Waals surface area contributed by atoms with Gasteiger partial charge >= 0.3 is 0 Å². The second kappa shape index (κ2) is 9.14. The van der Waals surface area contributed by atoms with Crippen molar-refractivity contribution in [2.24, 2.45) is 11.7 Å². The van der Waals surface area contributed by atoms with E-state index in [1.807, 2.05) is 18.2 Å². The first-order chi connectivity index (χ1) is 11.1. The summed E-state index contributed by atoms with van der Waals surface area (Å²) < 4.78 is 5.40. The Hall–Kier alpha value is -1.26. The lowest BCUT2D eigenvalue weighted by Gasteiger charge is -2.26. The number of ether oxygens (including phenoxy) is 1. The Labute approximate surface area is 143 Å². The second-order valence-corrected chi connectivity index (χ2v) is 6.86. The third-order valence-electron chi connectivity index (χ3n) is 4.59. The normalized spacial score (nSPS) is 15.8. The Morgan fingerprint density at radius 1 is 1.35 bits per heavy atom. The van der Waals surface area contributed by atoms with Crippen LogP contribution in [0.2, 0.25) is 5.02 Å². The third kappa shape index (κ3) is 6.04. The van der Waals surface area contributed by atoms with Crippen LogP contribution < -0.4 is 10.5 Å². The van der Waals surface area contributed by atoms with Gasteiger partial charge in [-0.05, 0) is 37.1 Å². The zero-order valence-electron chi connectivity index (χ0n) is 13.9. The summed E-state index contributed by atoms with van der Waals surface area (Å²) >= 11 is 6.10. The van der Waals surface area contributed by atoms with Gasteiger partial charge in [0.15, 0.2) is 0 Å². The maximum atomic E-state index is 11.4. The fourth-order valence-electron chi connectivity index (χ4n) is 3.39. The molecule has 0 spiro atoms. The van der Waals surface area contributed by atoms with Crippen LogP contribution in [0.15, 0.2) is 18.2 Å². The van der Waals surface area contributed by atoms with Crippen molar-refractivity contribution >= 4 is 17.5 Å². The van der Waals surface area contributed by atoms with E-state index in [-0.39, 0.29) is 12.5 Å². The Bertz CT molecular complexity index is 516. The van der Waals surface area contributed by atoms with Gasteiger partial charge in [-0.1, -0.05) is 43.7 Å². The zero-order chi connectivity index (χ0) is 16.7. The lowest BCUT2D eigenvalue weighted by atomic mass is 9.87. The highest BCUT2D eigenvalue weighted by Gasteiger charge is 2.17. The summed E-state index contributed by atoms with van der Waals surface area (Å²) in [5.74, 6) is 1.27. The number of carbonyl (C=O) groups is 1. The van der Waals surface area contributed by atoms with Crippen molar-refractivity contribution in [3.63, 3.8) is 0 Å². The number of nitrogens with zero attached hydrogens (tertiary/aromatic N) is 1. The highest BCUT2D eigenvalue weighted by molar-refractivity contribution is 6.30. The number of methoxy groups -OCH3 is 1. The number of hydrogen-bond donors (Lipinski definition) is 1. The van der Waals surface area contributed by atoms with Gasteiger partial charge in [-0.15, -0.1) is 0 Å². The third-order valence-corrected chi connectivity index (χ3v) is 4.83. The molecule has 0 radical (unpaired) electrons. The average Bonchev–Trinajstić information content (AvgIpc) is 2.53. The van der Waals surface area contributed by atoms with Gasteiger partial charge in [0.2, 0.25) is 5.91 Å². The summed E-state index contributed by atoms with van der Waals surface area (Å²) in [5.41, 5.74) is 6.41. The van der Waals surface area contributed by atoms with Crippen LogP contribution in [-0.2, 0) is 11.3 Å². The molecule has 0 atom stereocenters. The minimum absolute atomic E-state index is 0.266. The highest BCUT2D eigenvalue weighted by Crippen LogP contribution is 2.28. The lowest BCUT2D eigenvalue weighted by Crippen LogP contribution is -2.35. The summed E-state index contributed by atoms with van der Waals surface area (Å²) in [4.78, 5) is 13.5. The molecule has 1 aliphatic carbocycles. The van der Waals surface area contributed by atoms with Crippen LogP contribution in [0.5, 0.6) is 5.75 Å². The molecule has 2 rings (SSSR count). The molecule has 128 valence electrons. The number of hydrogen-bond acceptors (Lipinski definition) is 3. The van der Waals surface area contributed by atoms with Gasteiger partial charge in [0.05, 0.1) is 13.7 Å². The van der Waals surface area contributed by atoms with E-state index in [4.69, 9.17) is 22.1 Å². The number of rotatable bonds is 8. The van der Waals surface area contributed by atoms with Crippen molar-refractivity contribution in [2.75, 3.05) is 20.2 Å². The smallest absolute Gasteiger partial charge is 0.231 e. The molecule has 0 aliphatic heterocycles. The van der Waals surface area contributed by atoms with E-state index in [0.717, 1.165) is 30.2 Å². The summed E-state index contributed by atoms with van der Waals surface area (Å²) in [6.07, 6.45) is 7.78. The molecule has 0 aromatic heterocycles. The molecular formula is C18H27ClN2O2. The predicted octanol–water partition coefficient (Wildman–Crippen LogP) is 3.61. The quantitative estimate of drug-likeness (QED) is 0.787. The first kappa shape index (κ1) is 18.1. The van der Waals surface area contributed by atoms with E-state index in [0.29, 0.717) is 11.6 Å². The minimum Gasteiger partial charge on any atom is -0.496 e. The topological polar surface area (TPSA) is 55.6 Å². The van der Waals surface area contributed by atoms with Gasteiger partial charge in [-0.25, -0.2) is 0 Å². The van der Waals surface area contributed by atoms with Gasteiger partial charge in [0, 0.05) is 17.1 Å². The van der Waals surface area contributed by atoms with Crippen LogP contribution in [0.25, 0.3) is 0 Å². The SMILES string of the molecule is COc1ccc(Cl)cc1CN(CCC1CCCCC1)CC(N)=O.